The Balaban J connectivity index is 1.90. The van der Waals surface area contributed by atoms with Crippen LogP contribution in [0, 0.1) is 32.1 Å². The van der Waals surface area contributed by atoms with Gasteiger partial charge in [0.2, 0.25) is 0 Å². The predicted molar refractivity (Wildman–Crippen MR) is 106 cm³/mol. The lowest BCUT2D eigenvalue weighted by atomic mass is 10.1. The molecule has 0 N–H and O–H groups in total. The third kappa shape index (κ3) is 6.44. The van der Waals surface area contributed by atoms with Crippen molar-refractivity contribution in [3.8, 4) is 11.8 Å². The van der Waals surface area contributed by atoms with E-state index in [1.165, 1.54) is 4.90 Å². The molecule has 146 valence electrons. The average Bonchev–Trinajstić information content (AvgIpc) is 2.65. The van der Waals surface area contributed by atoms with Crippen molar-refractivity contribution in [2.24, 2.45) is 0 Å². The molecule has 0 spiro atoms. The number of esters is 1. The van der Waals surface area contributed by atoms with Gasteiger partial charge in [0.25, 0.3) is 5.91 Å². The van der Waals surface area contributed by atoms with Crippen LogP contribution < -0.4 is 9.64 Å². The SMILES string of the molecule is Cc1ccc(N(CCC#N)C(=O)COC(=O)COc2cc(C)cc(C)c2)cc1. The molecule has 0 aliphatic rings. The summed E-state index contributed by atoms with van der Waals surface area (Å²) in [6.07, 6.45) is 0.184. The molecule has 0 radical (unpaired) electrons. The van der Waals surface area contributed by atoms with Crippen LogP contribution in [-0.2, 0) is 14.3 Å². The van der Waals surface area contributed by atoms with Gasteiger partial charge in [-0.2, -0.15) is 5.26 Å². The Labute approximate surface area is 165 Å². The quantitative estimate of drug-likeness (QED) is 0.655. The zero-order valence-corrected chi connectivity index (χ0v) is 16.4. The highest BCUT2D eigenvalue weighted by atomic mass is 16.6. The summed E-state index contributed by atoms with van der Waals surface area (Å²) in [6, 6.07) is 15.0. The number of hydrogen-bond acceptors (Lipinski definition) is 5. The fourth-order valence-corrected chi connectivity index (χ4v) is 2.70. The Morgan fingerprint density at radius 2 is 1.61 bits per heavy atom. The number of amides is 1. The minimum Gasteiger partial charge on any atom is -0.482 e. The van der Waals surface area contributed by atoms with Crippen LogP contribution in [0.4, 0.5) is 5.69 Å². The lowest BCUT2D eigenvalue weighted by Crippen LogP contribution is -2.36. The van der Waals surface area contributed by atoms with Gasteiger partial charge < -0.3 is 14.4 Å². The summed E-state index contributed by atoms with van der Waals surface area (Å²) < 4.78 is 10.5. The van der Waals surface area contributed by atoms with Gasteiger partial charge in [-0.1, -0.05) is 23.8 Å². The number of nitriles is 1. The first kappa shape index (κ1) is 21.0. The van der Waals surface area contributed by atoms with Gasteiger partial charge in [0.1, 0.15) is 5.75 Å². The normalized spacial score (nSPS) is 10.1. The summed E-state index contributed by atoms with van der Waals surface area (Å²) in [5.74, 6) is -0.438. The molecule has 2 aromatic rings. The first-order valence-electron chi connectivity index (χ1n) is 8.99. The van der Waals surface area contributed by atoms with Gasteiger partial charge in [0.15, 0.2) is 13.2 Å². The lowest BCUT2D eigenvalue weighted by Gasteiger charge is -2.21. The van der Waals surface area contributed by atoms with Crippen LogP contribution in [0.1, 0.15) is 23.1 Å². The number of carbonyl (C=O) groups is 2. The second-order valence-electron chi connectivity index (χ2n) is 6.56. The summed E-state index contributed by atoms with van der Waals surface area (Å²) in [5, 5.41) is 8.83. The molecule has 0 saturated carbocycles. The van der Waals surface area contributed by atoms with E-state index in [9.17, 15) is 9.59 Å². The standard InChI is InChI=1S/C22H24N2O4/c1-16-5-7-19(8-6-16)24(10-4-9-23)21(25)14-28-22(26)15-27-20-12-17(2)11-18(3)13-20/h5-8,11-13H,4,10,14-15H2,1-3H3. The van der Waals surface area contributed by atoms with Crippen molar-refractivity contribution < 1.29 is 19.1 Å². The van der Waals surface area contributed by atoms with Crippen LogP contribution in [0.25, 0.3) is 0 Å². The van der Waals surface area contributed by atoms with E-state index in [1.54, 1.807) is 12.1 Å². The summed E-state index contributed by atoms with van der Waals surface area (Å²) in [6.45, 7) is 5.38. The molecule has 0 aromatic heterocycles. The Morgan fingerprint density at radius 1 is 0.964 bits per heavy atom. The number of benzene rings is 2. The maximum absolute atomic E-state index is 12.5. The Hall–Kier alpha value is -3.33. The number of ether oxygens (including phenoxy) is 2. The summed E-state index contributed by atoms with van der Waals surface area (Å²) >= 11 is 0. The van der Waals surface area contributed by atoms with Gasteiger partial charge in [0.05, 0.1) is 12.5 Å². The first-order chi connectivity index (χ1) is 13.4. The van der Waals surface area contributed by atoms with E-state index >= 15 is 0 Å². The van der Waals surface area contributed by atoms with E-state index < -0.39 is 12.6 Å². The average molecular weight is 380 g/mol. The van der Waals surface area contributed by atoms with Gasteiger partial charge in [-0.3, -0.25) is 4.79 Å². The molecule has 0 saturated heterocycles. The molecule has 2 aromatic carbocycles. The van der Waals surface area contributed by atoms with Gasteiger partial charge in [-0.15, -0.1) is 0 Å². The molecule has 0 heterocycles. The molecule has 0 bridgehead atoms. The first-order valence-corrected chi connectivity index (χ1v) is 8.99. The fourth-order valence-electron chi connectivity index (χ4n) is 2.70. The number of rotatable bonds is 8. The van der Waals surface area contributed by atoms with Crippen molar-refractivity contribution in [2.75, 3.05) is 24.7 Å². The molecule has 6 heteroatoms. The summed E-state index contributed by atoms with van der Waals surface area (Å²) in [7, 11) is 0. The van der Waals surface area contributed by atoms with Gasteiger partial charge >= 0.3 is 5.97 Å². The Bertz CT molecular complexity index is 849. The zero-order chi connectivity index (χ0) is 20.5. The van der Waals surface area contributed by atoms with Gasteiger partial charge in [-0.05, 0) is 56.2 Å². The van der Waals surface area contributed by atoms with Crippen LogP contribution in [0.15, 0.2) is 42.5 Å². The maximum Gasteiger partial charge on any atom is 0.344 e. The minimum absolute atomic E-state index is 0.184. The van der Waals surface area contributed by atoms with E-state index in [4.69, 9.17) is 14.7 Å². The highest BCUT2D eigenvalue weighted by Crippen LogP contribution is 2.17. The maximum atomic E-state index is 12.5. The van der Waals surface area contributed by atoms with Gasteiger partial charge in [-0.25, -0.2) is 4.79 Å². The minimum atomic E-state index is -0.628. The van der Waals surface area contributed by atoms with Crippen molar-refractivity contribution in [1.82, 2.24) is 0 Å². The highest BCUT2D eigenvalue weighted by Gasteiger charge is 2.17. The number of anilines is 1. The second kappa shape index (κ2) is 10.1. The molecule has 0 unspecified atom stereocenters. The molecule has 6 nitrogen and oxygen atoms in total. The zero-order valence-electron chi connectivity index (χ0n) is 16.4. The van der Waals surface area contributed by atoms with Crippen molar-refractivity contribution in [3.05, 3.63) is 59.2 Å². The Kier molecular flexibility index (Phi) is 7.58. The van der Waals surface area contributed by atoms with Crippen molar-refractivity contribution >= 4 is 17.6 Å². The van der Waals surface area contributed by atoms with Crippen molar-refractivity contribution in [1.29, 1.82) is 5.26 Å². The third-order valence-electron chi connectivity index (χ3n) is 4.00. The molecule has 0 fully saturated rings. The monoisotopic (exact) mass is 380 g/mol. The van der Waals surface area contributed by atoms with E-state index in [0.29, 0.717) is 11.4 Å². The van der Waals surface area contributed by atoms with Crippen LogP contribution in [0.5, 0.6) is 5.75 Å². The van der Waals surface area contributed by atoms with E-state index in [0.717, 1.165) is 16.7 Å². The van der Waals surface area contributed by atoms with Crippen LogP contribution in [-0.4, -0.2) is 31.6 Å². The molecular formula is C22H24N2O4. The highest BCUT2D eigenvalue weighted by molar-refractivity contribution is 5.95. The summed E-state index contributed by atoms with van der Waals surface area (Å²) in [5.41, 5.74) is 3.79. The molecule has 28 heavy (non-hydrogen) atoms. The Morgan fingerprint density at radius 3 is 2.21 bits per heavy atom. The fraction of sp³-hybridized carbons (Fsp3) is 0.318. The second-order valence-corrected chi connectivity index (χ2v) is 6.56. The van der Waals surface area contributed by atoms with Crippen LogP contribution in [0.3, 0.4) is 0 Å². The predicted octanol–water partition coefficient (Wildman–Crippen LogP) is 3.48. The number of nitrogens with zero attached hydrogens (tertiary/aromatic N) is 2. The molecule has 2 rings (SSSR count). The topological polar surface area (TPSA) is 79.6 Å². The van der Waals surface area contributed by atoms with Gasteiger partial charge in [0, 0.05) is 12.2 Å². The smallest absolute Gasteiger partial charge is 0.344 e. The molecule has 0 atom stereocenters. The molecule has 0 aliphatic carbocycles. The molecular weight excluding hydrogens is 356 g/mol. The van der Waals surface area contributed by atoms with Crippen molar-refractivity contribution in [3.63, 3.8) is 0 Å². The van der Waals surface area contributed by atoms with Crippen LogP contribution in [0.2, 0.25) is 0 Å². The van der Waals surface area contributed by atoms with E-state index in [-0.39, 0.29) is 25.5 Å². The van der Waals surface area contributed by atoms with Crippen LogP contribution >= 0.6 is 0 Å². The van der Waals surface area contributed by atoms with E-state index in [2.05, 4.69) is 0 Å². The van der Waals surface area contributed by atoms with E-state index in [1.807, 2.05) is 57.2 Å². The van der Waals surface area contributed by atoms with Crippen molar-refractivity contribution in [2.45, 2.75) is 27.2 Å². The lowest BCUT2D eigenvalue weighted by molar-refractivity contribution is -0.149. The third-order valence-corrected chi connectivity index (χ3v) is 4.00. The molecule has 0 aliphatic heterocycles. The largest absolute Gasteiger partial charge is 0.482 e. The number of hydrogen-bond donors (Lipinski definition) is 0. The number of carbonyl (C=O) groups excluding carboxylic acids is 2. The molecule has 1 amide bonds. The number of aryl methyl sites for hydroxylation is 3. The summed E-state index contributed by atoms with van der Waals surface area (Å²) in [4.78, 5) is 25.9.